The van der Waals surface area contributed by atoms with Crippen molar-refractivity contribution in [3.05, 3.63) is 78.6 Å². The number of carbonyl (C=O) groups excluding carboxylic acids is 1. The van der Waals surface area contributed by atoms with Crippen molar-refractivity contribution in [2.45, 2.75) is 13.0 Å². The molecule has 1 aromatic carbocycles. The maximum Gasteiger partial charge on any atom is 0.251 e. The van der Waals surface area contributed by atoms with Crippen LogP contribution in [0, 0.1) is 0 Å². The summed E-state index contributed by atoms with van der Waals surface area (Å²) in [6.45, 7) is 1.96. The van der Waals surface area contributed by atoms with E-state index in [0.29, 0.717) is 5.56 Å². The molecule has 0 unspecified atom stereocenters. The molecule has 0 aliphatic carbocycles. The second-order valence-electron chi connectivity index (χ2n) is 5.18. The molecule has 3 aromatic rings. The van der Waals surface area contributed by atoms with Crippen molar-refractivity contribution in [1.29, 1.82) is 0 Å². The van der Waals surface area contributed by atoms with Crippen molar-refractivity contribution < 1.29 is 4.79 Å². The molecule has 5 nitrogen and oxygen atoms in total. The molecule has 0 aliphatic heterocycles. The van der Waals surface area contributed by atoms with Crippen molar-refractivity contribution in [3.8, 4) is 11.1 Å². The average molecular weight is 304 g/mol. The molecule has 1 N–H and O–H groups in total. The first kappa shape index (κ1) is 14.8. The van der Waals surface area contributed by atoms with Crippen LogP contribution in [0.25, 0.3) is 11.1 Å². The topological polar surface area (TPSA) is 67.8 Å². The molecule has 0 saturated heterocycles. The lowest BCUT2D eigenvalue weighted by atomic mass is 10.0. The zero-order chi connectivity index (χ0) is 16.1. The van der Waals surface area contributed by atoms with Crippen molar-refractivity contribution in [2.24, 2.45) is 0 Å². The van der Waals surface area contributed by atoms with Gasteiger partial charge in [-0.3, -0.25) is 9.78 Å². The summed E-state index contributed by atoms with van der Waals surface area (Å²) in [6.07, 6.45) is 8.27. The highest BCUT2D eigenvalue weighted by atomic mass is 16.1. The van der Waals surface area contributed by atoms with Crippen LogP contribution in [-0.4, -0.2) is 20.9 Å². The first-order valence-corrected chi connectivity index (χ1v) is 7.30. The summed E-state index contributed by atoms with van der Waals surface area (Å²) < 4.78 is 0. The lowest BCUT2D eigenvalue weighted by molar-refractivity contribution is 0.0940. The molecule has 1 amide bonds. The molecule has 1 atom stereocenters. The van der Waals surface area contributed by atoms with E-state index < -0.39 is 0 Å². The van der Waals surface area contributed by atoms with Gasteiger partial charge in [0.1, 0.15) is 6.33 Å². The zero-order valence-corrected chi connectivity index (χ0v) is 12.7. The molecule has 23 heavy (non-hydrogen) atoms. The van der Waals surface area contributed by atoms with E-state index in [4.69, 9.17) is 0 Å². The molecule has 0 aliphatic rings. The summed E-state index contributed by atoms with van der Waals surface area (Å²) in [5.41, 5.74) is 3.65. The lowest BCUT2D eigenvalue weighted by Crippen LogP contribution is -2.26. The Balaban J connectivity index is 1.71. The molecule has 0 saturated carbocycles. The number of nitrogens with one attached hydrogen (secondary N) is 1. The van der Waals surface area contributed by atoms with Gasteiger partial charge in [0.05, 0.1) is 6.04 Å². The van der Waals surface area contributed by atoms with Crippen molar-refractivity contribution in [3.63, 3.8) is 0 Å². The quantitative estimate of drug-likeness (QED) is 0.804. The zero-order valence-electron chi connectivity index (χ0n) is 12.7. The van der Waals surface area contributed by atoms with E-state index in [0.717, 1.165) is 16.7 Å². The maximum absolute atomic E-state index is 12.2. The molecule has 114 valence electrons. The molecule has 3 rings (SSSR count). The molecule has 2 aromatic heterocycles. The van der Waals surface area contributed by atoms with Crippen LogP contribution in [0.5, 0.6) is 0 Å². The summed E-state index contributed by atoms with van der Waals surface area (Å²) in [5, 5.41) is 2.98. The molecular formula is C18H16N4O. The van der Waals surface area contributed by atoms with E-state index in [1.54, 1.807) is 36.9 Å². The van der Waals surface area contributed by atoms with Gasteiger partial charge in [-0.05, 0) is 30.2 Å². The van der Waals surface area contributed by atoms with Crippen molar-refractivity contribution in [1.82, 2.24) is 20.3 Å². The van der Waals surface area contributed by atoms with E-state index in [1.807, 2.05) is 31.2 Å². The van der Waals surface area contributed by atoms with Gasteiger partial charge < -0.3 is 5.32 Å². The van der Waals surface area contributed by atoms with Gasteiger partial charge in [-0.1, -0.05) is 24.3 Å². The Morgan fingerprint density at radius 3 is 2.22 bits per heavy atom. The van der Waals surface area contributed by atoms with Gasteiger partial charge in [-0.2, -0.15) is 0 Å². The SMILES string of the molecule is C[C@@H](NC(=O)c1ccncc1)c1ccc(-c2cncnc2)cc1. The average Bonchev–Trinajstić information content (AvgIpc) is 2.63. The van der Waals surface area contributed by atoms with Crippen molar-refractivity contribution >= 4 is 5.91 Å². The highest BCUT2D eigenvalue weighted by Gasteiger charge is 2.11. The molecule has 0 bridgehead atoms. The van der Waals surface area contributed by atoms with E-state index in [-0.39, 0.29) is 11.9 Å². The molecule has 0 radical (unpaired) electrons. The normalized spacial score (nSPS) is 11.7. The first-order chi connectivity index (χ1) is 11.2. The minimum atomic E-state index is -0.111. The summed E-state index contributed by atoms with van der Waals surface area (Å²) in [4.78, 5) is 24.1. The predicted molar refractivity (Wildman–Crippen MR) is 87.6 cm³/mol. The fraction of sp³-hybridized carbons (Fsp3) is 0.111. The van der Waals surface area contributed by atoms with E-state index >= 15 is 0 Å². The van der Waals surface area contributed by atoms with Crippen LogP contribution in [0.4, 0.5) is 0 Å². The third-order valence-electron chi connectivity index (χ3n) is 3.59. The fourth-order valence-electron chi connectivity index (χ4n) is 2.28. The third kappa shape index (κ3) is 3.58. The monoisotopic (exact) mass is 304 g/mol. The maximum atomic E-state index is 12.2. The number of rotatable bonds is 4. The number of pyridine rings is 1. The Morgan fingerprint density at radius 2 is 1.57 bits per heavy atom. The largest absolute Gasteiger partial charge is 0.346 e. The number of benzene rings is 1. The number of amides is 1. The lowest BCUT2D eigenvalue weighted by Gasteiger charge is -2.15. The third-order valence-corrected chi connectivity index (χ3v) is 3.59. The minimum absolute atomic E-state index is 0.0864. The highest BCUT2D eigenvalue weighted by molar-refractivity contribution is 5.94. The molecule has 5 heteroatoms. The van der Waals surface area contributed by atoms with Crippen LogP contribution >= 0.6 is 0 Å². The Bertz CT molecular complexity index is 773. The van der Waals surface area contributed by atoms with Crippen LogP contribution < -0.4 is 5.32 Å². The van der Waals surface area contributed by atoms with Gasteiger partial charge in [-0.25, -0.2) is 9.97 Å². The Morgan fingerprint density at radius 1 is 0.913 bits per heavy atom. The minimum Gasteiger partial charge on any atom is -0.346 e. The Kier molecular flexibility index (Phi) is 4.38. The summed E-state index contributed by atoms with van der Waals surface area (Å²) in [6, 6.07) is 11.3. The summed E-state index contributed by atoms with van der Waals surface area (Å²) >= 11 is 0. The summed E-state index contributed by atoms with van der Waals surface area (Å²) in [5.74, 6) is -0.111. The smallest absolute Gasteiger partial charge is 0.251 e. The van der Waals surface area contributed by atoms with E-state index in [9.17, 15) is 4.79 Å². The van der Waals surface area contributed by atoms with Crippen LogP contribution in [0.2, 0.25) is 0 Å². The van der Waals surface area contributed by atoms with Gasteiger partial charge in [0.2, 0.25) is 0 Å². The first-order valence-electron chi connectivity index (χ1n) is 7.30. The second kappa shape index (κ2) is 6.79. The van der Waals surface area contributed by atoms with Crippen LogP contribution in [0.15, 0.2) is 67.5 Å². The van der Waals surface area contributed by atoms with Crippen LogP contribution in [-0.2, 0) is 0 Å². The van der Waals surface area contributed by atoms with Gasteiger partial charge >= 0.3 is 0 Å². The number of hydrogen-bond acceptors (Lipinski definition) is 4. The van der Waals surface area contributed by atoms with Crippen LogP contribution in [0.1, 0.15) is 28.9 Å². The summed E-state index contributed by atoms with van der Waals surface area (Å²) in [7, 11) is 0. The molecular weight excluding hydrogens is 288 g/mol. The van der Waals surface area contributed by atoms with Gasteiger partial charge in [-0.15, -0.1) is 0 Å². The van der Waals surface area contributed by atoms with Crippen molar-refractivity contribution in [2.75, 3.05) is 0 Å². The fourth-order valence-corrected chi connectivity index (χ4v) is 2.28. The van der Waals surface area contributed by atoms with Gasteiger partial charge in [0.25, 0.3) is 5.91 Å². The molecule has 2 heterocycles. The van der Waals surface area contributed by atoms with Gasteiger partial charge in [0.15, 0.2) is 0 Å². The van der Waals surface area contributed by atoms with Crippen LogP contribution in [0.3, 0.4) is 0 Å². The number of hydrogen-bond donors (Lipinski definition) is 1. The highest BCUT2D eigenvalue weighted by Crippen LogP contribution is 2.20. The Labute approximate surface area is 134 Å². The standard InChI is InChI=1S/C18H16N4O/c1-13(22-18(23)16-6-8-19-9-7-16)14-2-4-15(5-3-14)17-10-20-12-21-11-17/h2-13H,1H3,(H,22,23)/t13-/m1/s1. The Hall–Kier alpha value is -3.08. The number of carbonyl (C=O) groups is 1. The van der Waals surface area contributed by atoms with E-state index in [2.05, 4.69) is 20.3 Å². The predicted octanol–water partition coefficient (Wildman–Crippen LogP) is 3.03. The molecule has 0 fully saturated rings. The molecule has 0 spiro atoms. The second-order valence-corrected chi connectivity index (χ2v) is 5.18. The van der Waals surface area contributed by atoms with Gasteiger partial charge in [0, 0.05) is 35.9 Å². The number of nitrogens with zero attached hydrogens (tertiary/aromatic N) is 3. The number of aromatic nitrogens is 3. The van der Waals surface area contributed by atoms with E-state index in [1.165, 1.54) is 6.33 Å².